The lowest BCUT2D eigenvalue weighted by Crippen LogP contribution is -2.30. The molecule has 6 heteroatoms. The fourth-order valence-electron chi connectivity index (χ4n) is 8.27. The molecule has 0 bridgehead atoms. The van der Waals surface area contributed by atoms with Crippen molar-refractivity contribution in [2.24, 2.45) is 0 Å². The Morgan fingerprint density at radius 2 is 0.507 bits per heavy atom. The van der Waals surface area contributed by atoms with Gasteiger partial charge in [-0.25, -0.2) is 0 Å². The minimum atomic E-state index is -0.807. The summed E-state index contributed by atoms with van der Waals surface area (Å²) in [6, 6.07) is 0. The molecule has 0 spiro atoms. The molecule has 0 rings (SSSR count). The van der Waals surface area contributed by atoms with E-state index >= 15 is 0 Å². The van der Waals surface area contributed by atoms with E-state index in [1.54, 1.807) is 0 Å². The number of carbonyl (C=O) groups is 3. The Balaban J connectivity index is 4.43. The number of hydrogen-bond acceptors (Lipinski definition) is 6. The Morgan fingerprint density at radius 3 is 0.859 bits per heavy atom. The zero-order valence-electron chi connectivity index (χ0n) is 46.7. The number of ether oxygens (including phenoxy) is 3. The molecule has 0 N–H and O–H groups in total. The summed E-state index contributed by atoms with van der Waals surface area (Å²) in [5.74, 6) is -0.954. The monoisotopic (exact) mass is 989 g/mol. The third kappa shape index (κ3) is 57.4. The van der Waals surface area contributed by atoms with Gasteiger partial charge in [0.15, 0.2) is 6.10 Å². The fraction of sp³-hybridized carbons (Fsp3) is 0.738. The van der Waals surface area contributed by atoms with Crippen molar-refractivity contribution >= 4 is 17.9 Å². The Hall–Kier alpha value is -3.41. The van der Waals surface area contributed by atoms with Gasteiger partial charge in [0.05, 0.1) is 0 Å². The average Bonchev–Trinajstić information content (AvgIpc) is 3.37. The third-order valence-corrected chi connectivity index (χ3v) is 12.8. The number of allylic oxidation sites excluding steroid dienone is 14. The minimum Gasteiger partial charge on any atom is -0.462 e. The fourth-order valence-corrected chi connectivity index (χ4v) is 8.27. The second kappa shape index (κ2) is 59.2. The number of carbonyl (C=O) groups excluding carboxylic acids is 3. The van der Waals surface area contributed by atoms with Crippen LogP contribution in [0.2, 0.25) is 0 Å². The lowest BCUT2D eigenvalue weighted by molar-refractivity contribution is -0.167. The van der Waals surface area contributed by atoms with Crippen LogP contribution in [-0.2, 0) is 28.6 Å². The quantitative estimate of drug-likeness (QED) is 0.0261. The van der Waals surface area contributed by atoms with Crippen molar-refractivity contribution < 1.29 is 28.6 Å². The molecule has 0 aliphatic carbocycles. The summed E-state index contributed by atoms with van der Waals surface area (Å²) >= 11 is 0. The van der Waals surface area contributed by atoms with Gasteiger partial charge < -0.3 is 14.2 Å². The molecule has 0 saturated carbocycles. The summed E-state index contributed by atoms with van der Waals surface area (Å²) in [6.45, 7) is 6.55. The number of unbranched alkanes of at least 4 members (excludes halogenated alkanes) is 29. The first-order valence-electron chi connectivity index (χ1n) is 30.1. The zero-order chi connectivity index (χ0) is 51.4. The van der Waals surface area contributed by atoms with E-state index in [0.717, 1.165) is 89.9 Å². The molecule has 0 aliphatic rings. The second-order valence-electron chi connectivity index (χ2n) is 19.9. The molecule has 0 aliphatic heterocycles. The van der Waals surface area contributed by atoms with E-state index < -0.39 is 6.10 Å². The maximum atomic E-state index is 12.8. The largest absolute Gasteiger partial charge is 0.462 e. The van der Waals surface area contributed by atoms with Gasteiger partial charge in [-0.2, -0.15) is 0 Å². The normalized spacial score (nSPS) is 12.7. The molecule has 0 aromatic rings. The SMILES string of the molecule is CCCCC/C=C\C/C=C\C/C=C\CCCCCCC(=O)OC[C@H](COC(=O)CCCCCCCCCCCCC/C=C\CCCCCCCC)OC(=O)CCCC/C=C\C/C=C\C/C=C\CCCCC. The highest BCUT2D eigenvalue weighted by atomic mass is 16.6. The summed E-state index contributed by atoms with van der Waals surface area (Å²) in [5.41, 5.74) is 0. The lowest BCUT2D eigenvalue weighted by atomic mass is 10.0. The van der Waals surface area contributed by atoms with E-state index in [1.165, 1.54) is 154 Å². The van der Waals surface area contributed by atoms with E-state index in [2.05, 4.69) is 106 Å². The topological polar surface area (TPSA) is 78.9 Å². The van der Waals surface area contributed by atoms with Crippen LogP contribution in [0.25, 0.3) is 0 Å². The van der Waals surface area contributed by atoms with E-state index in [1.807, 2.05) is 0 Å². The van der Waals surface area contributed by atoms with Crippen LogP contribution in [-0.4, -0.2) is 37.2 Å². The van der Waals surface area contributed by atoms with Gasteiger partial charge in [-0.1, -0.05) is 234 Å². The number of esters is 3. The standard InChI is InChI=1S/C65H112O6/c1-4-7-10-13-16-19-22-25-28-30-31-32-33-35-38-40-43-46-49-52-55-58-64(67)70-61-62(71-65(68)59-56-53-50-47-44-41-36-27-24-21-18-15-12-9-6-3)60-69-63(66)57-54-51-48-45-42-39-37-34-29-26-23-20-17-14-11-8-5-2/h17-18,20-21,25-29,36-37,39,44,47,62H,4-16,19,22-24,30-35,38,40-43,45-46,48-61H2,1-3H3/b20-17-,21-18-,28-25-,29-26-,36-27-,39-37-,47-44-/t62-/m1/s1. The van der Waals surface area contributed by atoms with Crippen LogP contribution < -0.4 is 0 Å². The van der Waals surface area contributed by atoms with Gasteiger partial charge in [0.2, 0.25) is 0 Å². The molecule has 0 unspecified atom stereocenters. The molecule has 71 heavy (non-hydrogen) atoms. The molecule has 0 radical (unpaired) electrons. The van der Waals surface area contributed by atoms with E-state index in [4.69, 9.17) is 14.2 Å². The van der Waals surface area contributed by atoms with Gasteiger partial charge in [0.1, 0.15) is 13.2 Å². The van der Waals surface area contributed by atoms with Gasteiger partial charge in [0.25, 0.3) is 0 Å². The molecule has 1 atom stereocenters. The second-order valence-corrected chi connectivity index (χ2v) is 19.9. The first kappa shape index (κ1) is 67.6. The third-order valence-electron chi connectivity index (χ3n) is 12.8. The first-order chi connectivity index (χ1) is 35.0. The summed E-state index contributed by atoms with van der Waals surface area (Å²) in [4.78, 5) is 38.2. The molecule has 0 aromatic carbocycles. The van der Waals surface area contributed by atoms with E-state index in [9.17, 15) is 14.4 Å². The highest BCUT2D eigenvalue weighted by Gasteiger charge is 2.19. The van der Waals surface area contributed by atoms with Crippen LogP contribution in [0.5, 0.6) is 0 Å². The van der Waals surface area contributed by atoms with Crippen LogP contribution in [0.15, 0.2) is 85.1 Å². The summed E-state index contributed by atoms with van der Waals surface area (Å²) in [6.07, 6.45) is 77.2. The molecule has 408 valence electrons. The van der Waals surface area contributed by atoms with Crippen molar-refractivity contribution in [3.63, 3.8) is 0 Å². The first-order valence-corrected chi connectivity index (χ1v) is 30.1. The smallest absolute Gasteiger partial charge is 0.306 e. The van der Waals surface area contributed by atoms with E-state index in [-0.39, 0.29) is 37.5 Å². The van der Waals surface area contributed by atoms with Gasteiger partial charge in [-0.15, -0.1) is 0 Å². The van der Waals surface area contributed by atoms with Crippen molar-refractivity contribution in [2.75, 3.05) is 13.2 Å². The highest BCUT2D eigenvalue weighted by Crippen LogP contribution is 2.15. The molecule has 0 heterocycles. The van der Waals surface area contributed by atoms with Gasteiger partial charge in [-0.3, -0.25) is 14.4 Å². The van der Waals surface area contributed by atoms with Crippen LogP contribution in [0.1, 0.15) is 290 Å². The van der Waals surface area contributed by atoms with Gasteiger partial charge in [-0.05, 0) is 122 Å². The summed E-state index contributed by atoms with van der Waals surface area (Å²) in [5, 5.41) is 0. The molecule has 0 fully saturated rings. The predicted molar refractivity (Wildman–Crippen MR) is 307 cm³/mol. The van der Waals surface area contributed by atoms with Gasteiger partial charge >= 0.3 is 17.9 Å². The van der Waals surface area contributed by atoms with Crippen LogP contribution in [0.4, 0.5) is 0 Å². The summed E-state index contributed by atoms with van der Waals surface area (Å²) < 4.78 is 16.8. The molecule has 0 amide bonds. The molecule has 0 saturated heterocycles. The van der Waals surface area contributed by atoms with Crippen molar-refractivity contribution in [1.29, 1.82) is 0 Å². The van der Waals surface area contributed by atoms with Crippen molar-refractivity contribution in [3.05, 3.63) is 85.1 Å². The lowest BCUT2D eigenvalue weighted by Gasteiger charge is -2.18. The maximum Gasteiger partial charge on any atom is 0.306 e. The Labute approximate surface area is 439 Å². The zero-order valence-corrected chi connectivity index (χ0v) is 46.7. The van der Waals surface area contributed by atoms with Crippen LogP contribution >= 0.6 is 0 Å². The van der Waals surface area contributed by atoms with E-state index in [0.29, 0.717) is 19.3 Å². The molecular weight excluding hydrogens is 877 g/mol. The van der Waals surface area contributed by atoms with Crippen LogP contribution in [0.3, 0.4) is 0 Å². The molecular formula is C65H112O6. The Bertz CT molecular complexity index is 1370. The van der Waals surface area contributed by atoms with Crippen molar-refractivity contribution in [3.8, 4) is 0 Å². The molecule has 6 nitrogen and oxygen atoms in total. The number of hydrogen-bond donors (Lipinski definition) is 0. The Morgan fingerprint density at radius 1 is 0.282 bits per heavy atom. The Kier molecular flexibility index (Phi) is 56.3. The number of rotatable bonds is 54. The molecule has 0 aromatic heterocycles. The van der Waals surface area contributed by atoms with Crippen LogP contribution in [0, 0.1) is 0 Å². The van der Waals surface area contributed by atoms with Gasteiger partial charge in [0, 0.05) is 19.3 Å². The minimum absolute atomic E-state index is 0.0990. The predicted octanol–water partition coefficient (Wildman–Crippen LogP) is 20.3. The van der Waals surface area contributed by atoms with Crippen molar-refractivity contribution in [1.82, 2.24) is 0 Å². The average molecular weight is 990 g/mol. The highest BCUT2D eigenvalue weighted by molar-refractivity contribution is 5.71. The maximum absolute atomic E-state index is 12.8. The van der Waals surface area contributed by atoms with Crippen molar-refractivity contribution in [2.45, 2.75) is 297 Å². The summed E-state index contributed by atoms with van der Waals surface area (Å²) in [7, 11) is 0.